The second-order valence-corrected chi connectivity index (χ2v) is 4.35. The summed E-state index contributed by atoms with van der Waals surface area (Å²) in [6.07, 6.45) is 14.2. The third-order valence-electron chi connectivity index (χ3n) is 2.51. The molecule has 82 valence electrons. The molecule has 0 aromatic rings. The van der Waals surface area contributed by atoms with Crippen molar-refractivity contribution < 1.29 is 0 Å². The molecule has 0 saturated carbocycles. The van der Waals surface area contributed by atoms with Crippen LogP contribution in [-0.2, 0) is 0 Å². The Morgan fingerprint density at radius 1 is 0.643 bits per heavy atom. The van der Waals surface area contributed by atoms with E-state index in [1.807, 2.05) is 0 Å². The van der Waals surface area contributed by atoms with Gasteiger partial charge in [-0.05, 0) is 12.2 Å². The minimum Gasteiger partial charge on any atom is -0.179 e. The largest absolute Gasteiger partial charge is 0.179 e. The molecule has 0 aliphatic heterocycles. The van der Waals surface area contributed by atoms with Crippen molar-refractivity contribution in [3.8, 4) is 0 Å². The molecular weight excluding hydrogens is 201 g/mol. The highest BCUT2D eigenvalue weighted by molar-refractivity contribution is 7.80. The molecule has 0 aromatic carbocycles. The average molecular weight is 227 g/mol. The molecule has 0 aliphatic rings. The van der Waals surface area contributed by atoms with E-state index in [2.05, 4.69) is 19.6 Å². The van der Waals surface area contributed by atoms with Crippen molar-refractivity contribution in [1.82, 2.24) is 0 Å². The van der Waals surface area contributed by atoms with Gasteiger partial charge >= 0.3 is 0 Å². The Labute approximate surface area is 112 Å². The fourth-order valence-corrected chi connectivity index (χ4v) is 1.82. The van der Waals surface area contributed by atoms with Crippen molar-refractivity contribution >= 4 is 35.7 Å². The molecule has 2 heteroatoms. The molecule has 2 radical (unpaired) electrons. The van der Waals surface area contributed by atoms with Gasteiger partial charge in [0.15, 0.2) is 0 Å². The van der Waals surface area contributed by atoms with Crippen molar-refractivity contribution in [3.63, 3.8) is 0 Å². The first kappa shape index (κ1) is 17.5. The SMILES string of the molecule is CCCCCCCCCCCCS.[Mg]. The molecule has 0 N–H and O–H groups in total. The van der Waals surface area contributed by atoms with E-state index < -0.39 is 0 Å². The summed E-state index contributed by atoms with van der Waals surface area (Å²) in [5, 5.41) is 0. The zero-order chi connectivity index (χ0) is 9.78. The Bertz CT molecular complexity index is 76.4. The number of thiol groups is 1. The molecule has 0 aromatic heterocycles. The van der Waals surface area contributed by atoms with E-state index in [9.17, 15) is 0 Å². The van der Waals surface area contributed by atoms with Gasteiger partial charge in [-0.1, -0.05) is 64.7 Å². The summed E-state index contributed by atoms with van der Waals surface area (Å²) in [5.41, 5.74) is 0. The van der Waals surface area contributed by atoms with Crippen LogP contribution in [0.25, 0.3) is 0 Å². The fourth-order valence-electron chi connectivity index (χ4n) is 1.60. The molecule has 0 nitrogen and oxygen atoms in total. The molecule has 0 rings (SSSR count). The van der Waals surface area contributed by atoms with Crippen LogP contribution in [0.3, 0.4) is 0 Å². The zero-order valence-corrected chi connectivity index (χ0v) is 12.2. The van der Waals surface area contributed by atoms with Gasteiger partial charge in [-0.15, -0.1) is 0 Å². The fraction of sp³-hybridized carbons (Fsp3) is 1.00. The smallest absolute Gasteiger partial charge is 0 e. The molecule has 0 spiro atoms. The predicted molar refractivity (Wildman–Crippen MR) is 71.5 cm³/mol. The van der Waals surface area contributed by atoms with Gasteiger partial charge in [-0.25, -0.2) is 0 Å². The normalized spacial score (nSPS) is 9.86. The summed E-state index contributed by atoms with van der Waals surface area (Å²) in [6, 6.07) is 0. The summed E-state index contributed by atoms with van der Waals surface area (Å²) < 4.78 is 0. The Morgan fingerprint density at radius 3 is 1.36 bits per heavy atom. The Balaban J connectivity index is 0. The first-order chi connectivity index (χ1) is 6.41. The van der Waals surface area contributed by atoms with Crippen molar-refractivity contribution in [1.29, 1.82) is 0 Å². The van der Waals surface area contributed by atoms with Crippen molar-refractivity contribution in [3.05, 3.63) is 0 Å². The molecule has 0 amide bonds. The maximum absolute atomic E-state index is 4.20. The Morgan fingerprint density at radius 2 is 1.00 bits per heavy atom. The quantitative estimate of drug-likeness (QED) is 0.317. The third-order valence-corrected chi connectivity index (χ3v) is 2.83. The number of rotatable bonds is 10. The lowest BCUT2D eigenvalue weighted by Crippen LogP contribution is -1.81. The number of hydrogen-bond donors (Lipinski definition) is 1. The maximum atomic E-state index is 4.20. The van der Waals surface area contributed by atoms with Crippen LogP contribution in [0.2, 0.25) is 0 Å². The van der Waals surface area contributed by atoms with Crippen LogP contribution >= 0.6 is 12.6 Å². The summed E-state index contributed by atoms with van der Waals surface area (Å²) in [5.74, 6) is 1.07. The Hall–Kier alpha value is 1.12. The average Bonchev–Trinajstić information content (AvgIpc) is 2.16. The monoisotopic (exact) mass is 226 g/mol. The predicted octanol–water partition coefficient (Wildman–Crippen LogP) is 4.46. The van der Waals surface area contributed by atoms with Gasteiger partial charge in [0.25, 0.3) is 0 Å². The van der Waals surface area contributed by atoms with Crippen LogP contribution in [0.5, 0.6) is 0 Å². The van der Waals surface area contributed by atoms with E-state index in [0.717, 1.165) is 5.75 Å². The number of unbranched alkanes of at least 4 members (excludes halogenated alkanes) is 9. The summed E-state index contributed by atoms with van der Waals surface area (Å²) in [7, 11) is 0. The van der Waals surface area contributed by atoms with E-state index in [4.69, 9.17) is 0 Å². The first-order valence-electron chi connectivity index (χ1n) is 6.02. The lowest BCUT2D eigenvalue weighted by Gasteiger charge is -2.00. The van der Waals surface area contributed by atoms with Gasteiger partial charge in [0.2, 0.25) is 0 Å². The van der Waals surface area contributed by atoms with E-state index in [-0.39, 0.29) is 23.1 Å². The van der Waals surface area contributed by atoms with Crippen LogP contribution in [0, 0.1) is 0 Å². The molecule has 0 unspecified atom stereocenters. The van der Waals surface area contributed by atoms with Gasteiger partial charge in [-0.3, -0.25) is 0 Å². The molecule has 0 aliphatic carbocycles. The second-order valence-electron chi connectivity index (χ2n) is 3.91. The molecule has 0 atom stereocenters. The first-order valence-corrected chi connectivity index (χ1v) is 6.66. The third kappa shape index (κ3) is 15.6. The highest BCUT2D eigenvalue weighted by atomic mass is 32.1. The molecule has 0 fully saturated rings. The van der Waals surface area contributed by atoms with Gasteiger partial charge in [0, 0.05) is 23.1 Å². The van der Waals surface area contributed by atoms with Crippen molar-refractivity contribution in [2.45, 2.75) is 71.1 Å². The highest BCUT2D eigenvalue weighted by Gasteiger charge is 1.91. The standard InChI is InChI=1S/C12H26S.Mg/c1-2-3-4-5-6-7-8-9-10-11-12-13;/h13H,2-12H2,1H3;. The van der Waals surface area contributed by atoms with Gasteiger partial charge < -0.3 is 0 Å². The summed E-state index contributed by atoms with van der Waals surface area (Å²) in [4.78, 5) is 0. The molecule has 0 heterocycles. The van der Waals surface area contributed by atoms with E-state index in [0.29, 0.717) is 0 Å². The van der Waals surface area contributed by atoms with Crippen LogP contribution in [0.15, 0.2) is 0 Å². The zero-order valence-electron chi connectivity index (χ0n) is 9.93. The van der Waals surface area contributed by atoms with E-state index >= 15 is 0 Å². The van der Waals surface area contributed by atoms with Crippen LogP contribution in [0.4, 0.5) is 0 Å². The van der Waals surface area contributed by atoms with Crippen LogP contribution < -0.4 is 0 Å². The lowest BCUT2D eigenvalue weighted by molar-refractivity contribution is 0.563. The minimum absolute atomic E-state index is 0. The molecule has 0 saturated heterocycles. The van der Waals surface area contributed by atoms with Gasteiger partial charge in [0.1, 0.15) is 0 Å². The van der Waals surface area contributed by atoms with Crippen LogP contribution in [-0.4, -0.2) is 28.8 Å². The highest BCUT2D eigenvalue weighted by Crippen LogP contribution is 2.10. The van der Waals surface area contributed by atoms with E-state index in [1.54, 1.807) is 0 Å². The van der Waals surface area contributed by atoms with Crippen LogP contribution in [0.1, 0.15) is 71.1 Å². The second kappa shape index (κ2) is 16.5. The lowest BCUT2D eigenvalue weighted by atomic mass is 10.1. The molecule has 0 bridgehead atoms. The van der Waals surface area contributed by atoms with Gasteiger partial charge in [0.05, 0.1) is 0 Å². The Kier molecular flexibility index (Phi) is 20.7. The summed E-state index contributed by atoms with van der Waals surface area (Å²) in [6.45, 7) is 2.28. The van der Waals surface area contributed by atoms with Crippen molar-refractivity contribution in [2.75, 3.05) is 5.75 Å². The van der Waals surface area contributed by atoms with Crippen molar-refractivity contribution in [2.24, 2.45) is 0 Å². The summed E-state index contributed by atoms with van der Waals surface area (Å²) >= 11 is 4.20. The molecular formula is C12H26MgS. The molecule has 14 heavy (non-hydrogen) atoms. The van der Waals surface area contributed by atoms with Gasteiger partial charge in [-0.2, -0.15) is 12.6 Å². The number of hydrogen-bond acceptors (Lipinski definition) is 1. The topological polar surface area (TPSA) is 0 Å². The van der Waals surface area contributed by atoms with E-state index in [1.165, 1.54) is 64.2 Å². The minimum atomic E-state index is 0. The maximum Gasteiger partial charge on any atom is 0 e.